The van der Waals surface area contributed by atoms with Crippen molar-refractivity contribution in [3.8, 4) is 11.8 Å². The summed E-state index contributed by atoms with van der Waals surface area (Å²) in [5.41, 5.74) is 1.10. The van der Waals surface area contributed by atoms with Crippen molar-refractivity contribution in [1.82, 2.24) is 10.2 Å². The first-order valence-electron chi connectivity index (χ1n) is 7.00. The van der Waals surface area contributed by atoms with E-state index in [1.807, 2.05) is 19.1 Å². The van der Waals surface area contributed by atoms with Gasteiger partial charge in [-0.3, -0.25) is 4.90 Å². The van der Waals surface area contributed by atoms with Crippen LogP contribution in [-0.2, 0) is 0 Å². The van der Waals surface area contributed by atoms with Gasteiger partial charge in [0.1, 0.15) is 5.75 Å². The average molecular weight is 338 g/mol. The molecule has 1 heterocycles. The number of nitrogens with one attached hydrogen (secondary N) is 1. The molecular formula is C15H20BrN3O. The minimum Gasteiger partial charge on any atom is -0.494 e. The molecule has 5 heteroatoms. The minimum atomic E-state index is 0.0983. The molecule has 1 aliphatic heterocycles. The summed E-state index contributed by atoms with van der Waals surface area (Å²) in [6, 6.07) is 8.46. The van der Waals surface area contributed by atoms with Crippen molar-refractivity contribution in [2.75, 3.05) is 32.8 Å². The Balaban J connectivity index is 2.31. The Morgan fingerprint density at radius 1 is 1.45 bits per heavy atom. The molecule has 0 amide bonds. The summed E-state index contributed by atoms with van der Waals surface area (Å²) in [5.74, 6) is 0.884. The van der Waals surface area contributed by atoms with E-state index < -0.39 is 0 Å². The van der Waals surface area contributed by atoms with Gasteiger partial charge in [0.25, 0.3) is 0 Å². The second-order valence-electron chi connectivity index (χ2n) is 4.78. The number of hydrogen-bond acceptors (Lipinski definition) is 4. The molecule has 0 radical (unpaired) electrons. The molecule has 2 rings (SSSR count). The number of ether oxygens (including phenoxy) is 1. The Morgan fingerprint density at radius 3 is 2.85 bits per heavy atom. The third-order valence-corrected chi connectivity index (χ3v) is 4.00. The van der Waals surface area contributed by atoms with Crippen LogP contribution in [0.1, 0.15) is 24.9 Å². The fraction of sp³-hybridized carbons (Fsp3) is 0.533. The molecule has 20 heavy (non-hydrogen) atoms. The van der Waals surface area contributed by atoms with Gasteiger partial charge in [0.2, 0.25) is 0 Å². The van der Waals surface area contributed by atoms with E-state index in [0.29, 0.717) is 13.0 Å². The van der Waals surface area contributed by atoms with Gasteiger partial charge in [0.15, 0.2) is 0 Å². The van der Waals surface area contributed by atoms with Gasteiger partial charge in [-0.05, 0) is 25.1 Å². The molecule has 0 saturated carbocycles. The first kappa shape index (κ1) is 15.3. The summed E-state index contributed by atoms with van der Waals surface area (Å²) in [4.78, 5) is 2.37. The highest BCUT2D eigenvalue weighted by Crippen LogP contribution is 2.34. The molecule has 0 spiro atoms. The van der Waals surface area contributed by atoms with Crippen molar-refractivity contribution in [2.45, 2.75) is 19.4 Å². The molecule has 108 valence electrons. The van der Waals surface area contributed by atoms with Gasteiger partial charge in [0, 0.05) is 36.2 Å². The zero-order valence-electron chi connectivity index (χ0n) is 11.7. The lowest BCUT2D eigenvalue weighted by molar-refractivity contribution is 0.171. The summed E-state index contributed by atoms with van der Waals surface area (Å²) < 4.78 is 6.76. The second kappa shape index (κ2) is 7.63. The molecule has 0 aliphatic carbocycles. The van der Waals surface area contributed by atoms with E-state index in [0.717, 1.165) is 42.0 Å². The lowest BCUT2D eigenvalue weighted by Gasteiger charge is -2.34. The third kappa shape index (κ3) is 3.72. The number of nitrogens with zero attached hydrogens (tertiary/aromatic N) is 2. The van der Waals surface area contributed by atoms with Gasteiger partial charge in [-0.15, -0.1) is 0 Å². The zero-order valence-corrected chi connectivity index (χ0v) is 13.3. The Kier molecular flexibility index (Phi) is 5.84. The van der Waals surface area contributed by atoms with Crippen LogP contribution >= 0.6 is 15.9 Å². The molecule has 4 nitrogen and oxygen atoms in total. The van der Waals surface area contributed by atoms with Crippen molar-refractivity contribution in [3.63, 3.8) is 0 Å². The van der Waals surface area contributed by atoms with Gasteiger partial charge >= 0.3 is 0 Å². The fourth-order valence-electron chi connectivity index (χ4n) is 2.58. The van der Waals surface area contributed by atoms with E-state index in [4.69, 9.17) is 4.74 Å². The summed E-state index contributed by atoms with van der Waals surface area (Å²) in [6.07, 6.45) is 0.483. The van der Waals surface area contributed by atoms with Crippen molar-refractivity contribution in [2.24, 2.45) is 0 Å². The van der Waals surface area contributed by atoms with Crippen LogP contribution in [0.25, 0.3) is 0 Å². The normalized spacial score (nSPS) is 17.4. The summed E-state index contributed by atoms with van der Waals surface area (Å²) in [5, 5.41) is 12.5. The van der Waals surface area contributed by atoms with E-state index in [9.17, 15) is 5.26 Å². The smallest absolute Gasteiger partial charge is 0.124 e. The van der Waals surface area contributed by atoms with Gasteiger partial charge in [0.05, 0.1) is 25.1 Å². The Hall–Kier alpha value is -1.09. The number of halogens is 1. The van der Waals surface area contributed by atoms with Crippen LogP contribution in [0.4, 0.5) is 0 Å². The van der Waals surface area contributed by atoms with Crippen LogP contribution < -0.4 is 10.1 Å². The maximum Gasteiger partial charge on any atom is 0.124 e. The topological polar surface area (TPSA) is 48.3 Å². The molecule has 0 unspecified atom stereocenters. The largest absolute Gasteiger partial charge is 0.494 e. The zero-order chi connectivity index (χ0) is 14.4. The predicted octanol–water partition coefficient (Wildman–Crippen LogP) is 2.71. The standard InChI is InChI=1S/C15H20BrN3O/c1-2-20-15-4-3-12(16)11-13(15)14(5-6-17)19-9-7-18-8-10-19/h3-4,11,14,18H,2,5,7-10H2,1H3/t14-/m0/s1. The lowest BCUT2D eigenvalue weighted by Crippen LogP contribution is -2.45. The van der Waals surface area contributed by atoms with E-state index in [1.165, 1.54) is 0 Å². The van der Waals surface area contributed by atoms with E-state index in [2.05, 4.69) is 38.3 Å². The lowest BCUT2D eigenvalue weighted by atomic mass is 10.0. The average Bonchev–Trinajstić information content (AvgIpc) is 2.48. The number of hydrogen-bond donors (Lipinski definition) is 1. The summed E-state index contributed by atoms with van der Waals surface area (Å²) in [7, 11) is 0. The van der Waals surface area contributed by atoms with E-state index in [1.54, 1.807) is 0 Å². The number of rotatable bonds is 5. The molecule has 0 aromatic heterocycles. The number of benzene rings is 1. The highest BCUT2D eigenvalue weighted by atomic mass is 79.9. The van der Waals surface area contributed by atoms with Crippen molar-refractivity contribution in [3.05, 3.63) is 28.2 Å². The summed E-state index contributed by atoms with van der Waals surface area (Å²) in [6.45, 7) is 6.49. The van der Waals surface area contributed by atoms with Crippen LogP contribution in [0, 0.1) is 11.3 Å². The first-order chi connectivity index (χ1) is 9.76. The molecule has 1 aromatic rings. The van der Waals surface area contributed by atoms with E-state index in [-0.39, 0.29) is 6.04 Å². The molecule has 1 saturated heterocycles. The highest BCUT2D eigenvalue weighted by molar-refractivity contribution is 9.10. The maximum absolute atomic E-state index is 9.17. The monoisotopic (exact) mass is 337 g/mol. The van der Waals surface area contributed by atoms with E-state index >= 15 is 0 Å². The number of piperazine rings is 1. The van der Waals surface area contributed by atoms with Crippen LogP contribution in [0.3, 0.4) is 0 Å². The number of nitriles is 1. The predicted molar refractivity (Wildman–Crippen MR) is 82.7 cm³/mol. The molecule has 1 aromatic carbocycles. The molecule has 1 fully saturated rings. The SMILES string of the molecule is CCOc1ccc(Br)cc1[C@H](CC#N)N1CCNCC1. The van der Waals surface area contributed by atoms with Crippen molar-refractivity contribution in [1.29, 1.82) is 5.26 Å². The molecule has 0 bridgehead atoms. The van der Waals surface area contributed by atoms with Gasteiger partial charge in [-0.25, -0.2) is 0 Å². The summed E-state index contributed by atoms with van der Waals surface area (Å²) >= 11 is 3.52. The first-order valence-corrected chi connectivity index (χ1v) is 7.79. The van der Waals surface area contributed by atoms with Crippen LogP contribution in [0.2, 0.25) is 0 Å². The Bertz CT molecular complexity index is 480. The van der Waals surface area contributed by atoms with Crippen LogP contribution in [0.15, 0.2) is 22.7 Å². The fourth-order valence-corrected chi connectivity index (χ4v) is 2.96. The van der Waals surface area contributed by atoms with Crippen LogP contribution in [0.5, 0.6) is 5.75 Å². The quantitative estimate of drug-likeness (QED) is 0.897. The minimum absolute atomic E-state index is 0.0983. The van der Waals surface area contributed by atoms with Crippen molar-refractivity contribution < 1.29 is 4.74 Å². The van der Waals surface area contributed by atoms with Crippen molar-refractivity contribution >= 4 is 15.9 Å². The molecule has 1 N–H and O–H groups in total. The Morgan fingerprint density at radius 2 is 2.20 bits per heavy atom. The Labute approximate surface area is 128 Å². The molecule has 1 aliphatic rings. The van der Waals surface area contributed by atoms with Gasteiger partial charge < -0.3 is 10.1 Å². The second-order valence-corrected chi connectivity index (χ2v) is 5.69. The van der Waals surface area contributed by atoms with Crippen LogP contribution in [-0.4, -0.2) is 37.7 Å². The van der Waals surface area contributed by atoms with Gasteiger partial charge in [-0.2, -0.15) is 5.26 Å². The highest BCUT2D eigenvalue weighted by Gasteiger charge is 2.25. The molecular weight excluding hydrogens is 318 g/mol. The van der Waals surface area contributed by atoms with Gasteiger partial charge in [-0.1, -0.05) is 15.9 Å². The third-order valence-electron chi connectivity index (χ3n) is 3.51. The molecule has 1 atom stereocenters. The maximum atomic E-state index is 9.17.